The SMILES string of the molecule is Cc1c(OC2CC2)cccc1C1CCc2c(cnn(-c3ncc(Br)cn3)c2=O)C1. The zero-order valence-corrected chi connectivity index (χ0v) is 17.7. The average Bonchev–Trinajstić information content (AvgIpc) is 3.55. The number of benzene rings is 1. The number of nitrogens with zero attached hydrogens (tertiary/aromatic N) is 4. The van der Waals surface area contributed by atoms with E-state index in [0.717, 1.165) is 53.5 Å². The maximum atomic E-state index is 13.0. The van der Waals surface area contributed by atoms with Crippen molar-refractivity contribution in [3.63, 3.8) is 0 Å². The van der Waals surface area contributed by atoms with Gasteiger partial charge in [-0.3, -0.25) is 4.79 Å². The van der Waals surface area contributed by atoms with Crippen molar-refractivity contribution >= 4 is 15.9 Å². The summed E-state index contributed by atoms with van der Waals surface area (Å²) in [5.74, 6) is 1.66. The molecule has 0 radical (unpaired) electrons. The molecule has 5 rings (SSSR count). The van der Waals surface area contributed by atoms with Crippen LogP contribution in [0.5, 0.6) is 5.75 Å². The summed E-state index contributed by atoms with van der Waals surface area (Å²) in [6.45, 7) is 2.14. The zero-order chi connectivity index (χ0) is 20.0. The monoisotopic (exact) mass is 452 g/mol. The van der Waals surface area contributed by atoms with Gasteiger partial charge in [0.05, 0.1) is 16.8 Å². The van der Waals surface area contributed by atoms with E-state index in [1.165, 1.54) is 15.8 Å². The third-order valence-electron chi connectivity index (χ3n) is 5.76. The summed E-state index contributed by atoms with van der Waals surface area (Å²) in [5.41, 5.74) is 4.26. The van der Waals surface area contributed by atoms with E-state index in [9.17, 15) is 4.79 Å². The molecule has 148 valence electrons. The van der Waals surface area contributed by atoms with Gasteiger partial charge >= 0.3 is 0 Å². The van der Waals surface area contributed by atoms with Crippen LogP contribution < -0.4 is 10.3 Å². The zero-order valence-electron chi connectivity index (χ0n) is 16.1. The molecule has 1 atom stereocenters. The van der Waals surface area contributed by atoms with Gasteiger partial charge in [-0.15, -0.1) is 0 Å². The molecule has 1 unspecified atom stereocenters. The molecule has 7 heteroatoms. The van der Waals surface area contributed by atoms with E-state index < -0.39 is 0 Å². The van der Waals surface area contributed by atoms with Crippen molar-refractivity contribution in [3.8, 4) is 11.7 Å². The smallest absolute Gasteiger partial charge is 0.277 e. The molecule has 0 aliphatic heterocycles. The molecule has 2 aromatic heterocycles. The molecule has 1 fully saturated rings. The van der Waals surface area contributed by atoms with Gasteiger partial charge in [-0.2, -0.15) is 9.78 Å². The van der Waals surface area contributed by atoms with Gasteiger partial charge in [0.2, 0.25) is 0 Å². The lowest BCUT2D eigenvalue weighted by molar-refractivity contribution is 0.300. The topological polar surface area (TPSA) is 69.9 Å². The van der Waals surface area contributed by atoms with Gasteiger partial charge in [0.15, 0.2) is 0 Å². The number of hydrogen-bond acceptors (Lipinski definition) is 5. The fraction of sp³-hybridized carbons (Fsp3) is 0.364. The molecule has 29 heavy (non-hydrogen) atoms. The van der Waals surface area contributed by atoms with E-state index >= 15 is 0 Å². The molecule has 0 bridgehead atoms. The van der Waals surface area contributed by atoms with Crippen molar-refractivity contribution in [2.24, 2.45) is 0 Å². The Kier molecular flexibility index (Phi) is 4.70. The third kappa shape index (κ3) is 3.59. The first-order chi connectivity index (χ1) is 14.1. The van der Waals surface area contributed by atoms with Crippen LogP contribution in [0.4, 0.5) is 0 Å². The lowest BCUT2D eigenvalue weighted by atomic mass is 9.79. The standard InChI is InChI=1S/C22H21BrN4O2/c1-13-18(3-2-4-20(13)29-17-6-7-17)14-5-8-19-15(9-14)10-26-27(21(19)28)22-24-11-16(23)12-25-22/h2-4,10-12,14,17H,5-9H2,1H3. The highest BCUT2D eigenvalue weighted by molar-refractivity contribution is 9.10. The minimum absolute atomic E-state index is 0.120. The highest BCUT2D eigenvalue weighted by Gasteiger charge is 2.28. The molecule has 1 saturated carbocycles. The van der Waals surface area contributed by atoms with Crippen molar-refractivity contribution in [2.45, 2.75) is 51.0 Å². The maximum absolute atomic E-state index is 13.0. The second kappa shape index (κ2) is 7.37. The molecule has 0 amide bonds. The summed E-state index contributed by atoms with van der Waals surface area (Å²) in [5, 5.41) is 4.35. The van der Waals surface area contributed by atoms with Gasteiger partial charge in [0.1, 0.15) is 5.75 Å². The number of hydrogen-bond donors (Lipinski definition) is 0. The summed E-state index contributed by atoms with van der Waals surface area (Å²) in [7, 11) is 0. The number of ether oxygens (including phenoxy) is 1. The number of fused-ring (bicyclic) bond motifs is 1. The molecule has 3 aromatic rings. The minimum Gasteiger partial charge on any atom is -0.490 e. The molecule has 0 N–H and O–H groups in total. The maximum Gasteiger partial charge on any atom is 0.277 e. The van der Waals surface area contributed by atoms with Crippen LogP contribution >= 0.6 is 15.9 Å². The van der Waals surface area contributed by atoms with Gasteiger partial charge in [-0.05, 0) is 83.6 Å². The molecular weight excluding hydrogens is 432 g/mol. The lowest BCUT2D eigenvalue weighted by Gasteiger charge is -2.26. The van der Waals surface area contributed by atoms with Gasteiger partial charge in [0.25, 0.3) is 11.5 Å². The van der Waals surface area contributed by atoms with Crippen molar-refractivity contribution in [3.05, 3.63) is 73.9 Å². The average molecular weight is 453 g/mol. The van der Waals surface area contributed by atoms with Gasteiger partial charge < -0.3 is 4.74 Å². The van der Waals surface area contributed by atoms with Crippen molar-refractivity contribution < 1.29 is 4.74 Å². The molecule has 6 nitrogen and oxygen atoms in total. The molecule has 0 spiro atoms. The van der Waals surface area contributed by atoms with E-state index in [1.54, 1.807) is 18.6 Å². The largest absolute Gasteiger partial charge is 0.490 e. The first-order valence-electron chi connectivity index (χ1n) is 9.94. The third-order valence-corrected chi connectivity index (χ3v) is 6.17. The Morgan fingerprint density at radius 2 is 1.93 bits per heavy atom. The molecule has 1 aromatic carbocycles. The minimum atomic E-state index is -0.120. The van der Waals surface area contributed by atoms with Crippen LogP contribution in [0.3, 0.4) is 0 Å². The summed E-state index contributed by atoms with van der Waals surface area (Å²) in [4.78, 5) is 21.4. The fourth-order valence-corrected chi connectivity index (χ4v) is 4.25. The molecule has 0 saturated heterocycles. The molecule has 2 heterocycles. The van der Waals surface area contributed by atoms with Crippen molar-refractivity contribution in [1.29, 1.82) is 0 Å². The van der Waals surface area contributed by atoms with Crippen LogP contribution in [-0.4, -0.2) is 25.9 Å². The summed E-state index contributed by atoms with van der Waals surface area (Å²) in [6.07, 6.45) is 10.2. The summed E-state index contributed by atoms with van der Waals surface area (Å²) >= 11 is 3.31. The second-order valence-electron chi connectivity index (χ2n) is 7.79. The predicted molar refractivity (Wildman–Crippen MR) is 113 cm³/mol. The Morgan fingerprint density at radius 1 is 1.14 bits per heavy atom. The van der Waals surface area contributed by atoms with Crippen LogP contribution in [0, 0.1) is 6.92 Å². The lowest BCUT2D eigenvalue weighted by Crippen LogP contribution is -2.30. The van der Waals surface area contributed by atoms with Crippen LogP contribution in [0.2, 0.25) is 0 Å². The van der Waals surface area contributed by atoms with Crippen molar-refractivity contribution in [2.75, 3.05) is 0 Å². The first-order valence-corrected chi connectivity index (χ1v) is 10.7. The number of halogens is 1. The van der Waals surface area contributed by atoms with Crippen LogP contribution in [0.1, 0.15) is 47.4 Å². The molecule has 2 aliphatic carbocycles. The van der Waals surface area contributed by atoms with Gasteiger partial charge in [-0.25, -0.2) is 9.97 Å². The van der Waals surface area contributed by atoms with E-state index in [4.69, 9.17) is 4.74 Å². The Labute approximate surface area is 177 Å². The van der Waals surface area contributed by atoms with Crippen molar-refractivity contribution in [1.82, 2.24) is 19.7 Å². The Morgan fingerprint density at radius 3 is 2.69 bits per heavy atom. The molecular formula is C22H21BrN4O2. The second-order valence-corrected chi connectivity index (χ2v) is 8.71. The van der Waals surface area contributed by atoms with E-state index in [0.29, 0.717) is 18.0 Å². The number of rotatable bonds is 4. The Hall–Kier alpha value is -2.54. The van der Waals surface area contributed by atoms with E-state index in [2.05, 4.69) is 56.1 Å². The number of aromatic nitrogens is 4. The van der Waals surface area contributed by atoms with Gasteiger partial charge in [0, 0.05) is 18.0 Å². The first kappa shape index (κ1) is 18.5. The van der Waals surface area contributed by atoms with Gasteiger partial charge in [-0.1, -0.05) is 12.1 Å². The summed E-state index contributed by atoms with van der Waals surface area (Å²) < 4.78 is 8.12. The van der Waals surface area contributed by atoms with E-state index in [-0.39, 0.29) is 5.56 Å². The predicted octanol–water partition coefficient (Wildman–Crippen LogP) is 3.91. The van der Waals surface area contributed by atoms with Crippen LogP contribution in [0.15, 0.2) is 46.1 Å². The highest BCUT2D eigenvalue weighted by atomic mass is 79.9. The quantitative estimate of drug-likeness (QED) is 0.599. The molecule has 2 aliphatic rings. The Balaban J connectivity index is 1.44. The Bertz CT molecular complexity index is 1120. The fourth-order valence-electron chi connectivity index (χ4n) is 4.04. The van der Waals surface area contributed by atoms with Crippen LogP contribution in [-0.2, 0) is 12.8 Å². The highest BCUT2D eigenvalue weighted by Crippen LogP contribution is 2.37. The van der Waals surface area contributed by atoms with Crippen LogP contribution in [0.25, 0.3) is 5.95 Å². The summed E-state index contributed by atoms with van der Waals surface area (Å²) in [6, 6.07) is 6.33. The van der Waals surface area contributed by atoms with E-state index in [1.807, 2.05) is 0 Å². The normalized spacial score (nSPS) is 18.3.